The predicted octanol–water partition coefficient (Wildman–Crippen LogP) is 3.74. The molecule has 1 N–H and O–H groups in total. The van der Waals surface area contributed by atoms with Crippen LogP contribution < -0.4 is 14.2 Å². The summed E-state index contributed by atoms with van der Waals surface area (Å²) in [6.07, 6.45) is 3.60. The Bertz CT molecular complexity index is 810. The van der Waals surface area contributed by atoms with Crippen LogP contribution in [-0.2, 0) is 4.74 Å². The van der Waals surface area contributed by atoms with E-state index in [0.29, 0.717) is 34.8 Å². The highest BCUT2D eigenvalue weighted by molar-refractivity contribution is 5.96. The van der Waals surface area contributed by atoms with Crippen molar-refractivity contribution in [1.82, 2.24) is 0 Å². The summed E-state index contributed by atoms with van der Waals surface area (Å²) in [4.78, 5) is 11.7. The first-order valence-electron chi connectivity index (χ1n) is 7.89. The molecule has 138 valence electrons. The summed E-state index contributed by atoms with van der Waals surface area (Å²) in [7, 11) is 6.12. The molecule has 6 heteroatoms. The number of carboxylic acids is 1. The molecule has 26 heavy (non-hydrogen) atoms. The van der Waals surface area contributed by atoms with E-state index in [2.05, 4.69) is 0 Å². The largest absolute Gasteiger partial charge is 0.495 e. The van der Waals surface area contributed by atoms with E-state index in [0.717, 1.165) is 0 Å². The number of carbonyl (C=O) groups is 1. The van der Waals surface area contributed by atoms with Crippen LogP contribution in [0.5, 0.6) is 17.2 Å². The number of hydrogen-bond donors (Lipinski definition) is 1. The molecule has 0 aromatic heterocycles. The lowest BCUT2D eigenvalue weighted by Gasteiger charge is -2.17. The monoisotopic (exact) mass is 358 g/mol. The molecule has 0 saturated carbocycles. The number of para-hydroxylation sites is 1. The molecule has 2 aromatic carbocycles. The van der Waals surface area contributed by atoms with Gasteiger partial charge in [-0.3, -0.25) is 0 Å². The van der Waals surface area contributed by atoms with Gasteiger partial charge < -0.3 is 24.1 Å². The van der Waals surface area contributed by atoms with Crippen molar-refractivity contribution in [2.45, 2.75) is 0 Å². The molecule has 0 bridgehead atoms. The van der Waals surface area contributed by atoms with Gasteiger partial charge in [0, 0.05) is 18.2 Å². The number of ether oxygens (including phenoxy) is 4. The molecule has 2 aromatic rings. The molecule has 2 rings (SSSR count). The second-order valence-electron chi connectivity index (χ2n) is 5.35. The average Bonchev–Trinajstić information content (AvgIpc) is 2.66. The Kier molecular flexibility index (Phi) is 6.63. The fourth-order valence-electron chi connectivity index (χ4n) is 2.71. The molecule has 0 aliphatic rings. The molecule has 0 heterocycles. The minimum absolute atomic E-state index is 0.0620. The summed E-state index contributed by atoms with van der Waals surface area (Å²) >= 11 is 0. The summed E-state index contributed by atoms with van der Waals surface area (Å²) in [5, 5.41) is 9.61. The molecule has 0 unspecified atom stereocenters. The Morgan fingerprint density at radius 1 is 1.00 bits per heavy atom. The lowest BCUT2D eigenvalue weighted by Crippen LogP contribution is -2.04. The number of benzene rings is 2. The molecule has 0 aliphatic carbocycles. The zero-order valence-corrected chi connectivity index (χ0v) is 15.2. The van der Waals surface area contributed by atoms with Crippen molar-refractivity contribution in [3.63, 3.8) is 0 Å². The maximum absolute atomic E-state index is 11.7. The van der Waals surface area contributed by atoms with Gasteiger partial charge in [0.2, 0.25) is 0 Å². The Balaban J connectivity index is 2.76. The van der Waals surface area contributed by atoms with Crippen molar-refractivity contribution in [3.8, 4) is 28.4 Å². The third-order valence-electron chi connectivity index (χ3n) is 3.81. The van der Waals surface area contributed by atoms with Crippen LogP contribution in [0.2, 0.25) is 0 Å². The number of aromatic carboxylic acids is 1. The highest BCUT2D eigenvalue weighted by Gasteiger charge is 2.21. The maximum atomic E-state index is 11.7. The number of carboxylic acid groups (broad SMARTS) is 1. The van der Waals surface area contributed by atoms with Crippen molar-refractivity contribution >= 4 is 12.0 Å². The molecule has 0 spiro atoms. The quantitative estimate of drug-likeness (QED) is 0.775. The van der Waals surface area contributed by atoms with Crippen LogP contribution in [0.1, 0.15) is 15.9 Å². The van der Waals surface area contributed by atoms with Crippen molar-refractivity contribution in [1.29, 1.82) is 0 Å². The van der Waals surface area contributed by atoms with E-state index in [9.17, 15) is 9.90 Å². The van der Waals surface area contributed by atoms with Gasteiger partial charge in [-0.2, -0.15) is 0 Å². The van der Waals surface area contributed by atoms with E-state index in [1.54, 1.807) is 38.5 Å². The van der Waals surface area contributed by atoms with E-state index in [-0.39, 0.29) is 11.3 Å². The third kappa shape index (κ3) is 3.97. The summed E-state index contributed by atoms with van der Waals surface area (Å²) in [6.45, 7) is 0.423. The van der Waals surface area contributed by atoms with E-state index >= 15 is 0 Å². The molecular weight excluding hydrogens is 336 g/mol. The summed E-state index contributed by atoms with van der Waals surface area (Å²) in [5.41, 5.74) is 2.04. The Hall–Kier alpha value is -2.99. The standard InChI is InChI=1S/C20H22O6/c1-23-10-6-7-13-11-15(18(25-3)16(12-13)20(21)22)14-8-5-9-17(24-2)19(14)26-4/h5-9,11-12H,10H2,1-4H3,(H,21,22)/b7-6-. The van der Waals surface area contributed by atoms with Crippen LogP contribution in [0, 0.1) is 0 Å². The number of methoxy groups -OCH3 is 4. The number of hydrogen-bond acceptors (Lipinski definition) is 5. The van der Waals surface area contributed by atoms with E-state index in [4.69, 9.17) is 18.9 Å². The first-order valence-corrected chi connectivity index (χ1v) is 7.89. The molecule has 0 amide bonds. The van der Waals surface area contributed by atoms with Crippen LogP contribution in [0.25, 0.3) is 17.2 Å². The second kappa shape index (κ2) is 8.92. The van der Waals surface area contributed by atoms with Gasteiger partial charge in [-0.15, -0.1) is 0 Å². The average molecular weight is 358 g/mol. The van der Waals surface area contributed by atoms with Gasteiger partial charge in [-0.1, -0.05) is 24.3 Å². The van der Waals surface area contributed by atoms with Gasteiger partial charge in [0.1, 0.15) is 11.3 Å². The Morgan fingerprint density at radius 2 is 1.73 bits per heavy atom. The fourth-order valence-corrected chi connectivity index (χ4v) is 2.71. The Morgan fingerprint density at radius 3 is 2.31 bits per heavy atom. The summed E-state index contributed by atoms with van der Waals surface area (Å²) < 4.78 is 21.3. The summed E-state index contributed by atoms with van der Waals surface area (Å²) in [5.74, 6) is 0.229. The third-order valence-corrected chi connectivity index (χ3v) is 3.81. The van der Waals surface area contributed by atoms with Crippen LogP contribution in [0.4, 0.5) is 0 Å². The van der Waals surface area contributed by atoms with Crippen molar-refractivity contribution < 1.29 is 28.8 Å². The second-order valence-corrected chi connectivity index (χ2v) is 5.35. The van der Waals surface area contributed by atoms with Gasteiger partial charge in [0.15, 0.2) is 11.5 Å². The van der Waals surface area contributed by atoms with Crippen LogP contribution in [0.15, 0.2) is 36.4 Å². The van der Waals surface area contributed by atoms with Crippen LogP contribution in [0.3, 0.4) is 0 Å². The van der Waals surface area contributed by atoms with Gasteiger partial charge in [-0.05, 0) is 23.8 Å². The Labute approximate surface area is 152 Å². The predicted molar refractivity (Wildman–Crippen MR) is 99.4 cm³/mol. The lowest BCUT2D eigenvalue weighted by atomic mass is 9.96. The molecule has 0 atom stereocenters. The minimum atomic E-state index is -1.08. The molecular formula is C20H22O6. The van der Waals surface area contributed by atoms with Crippen LogP contribution >= 0.6 is 0 Å². The van der Waals surface area contributed by atoms with E-state index in [1.165, 1.54) is 14.2 Å². The molecule has 0 radical (unpaired) electrons. The van der Waals surface area contributed by atoms with Gasteiger partial charge in [-0.25, -0.2) is 4.79 Å². The topological polar surface area (TPSA) is 74.2 Å². The highest BCUT2D eigenvalue weighted by atomic mass is 16.5. The first kappa shape index (κ1) is 19.3. The lowest BCUT2D eigenvalue weighted by molar-refractivity contribution is 0.0693. The van der Waals surface area contributed by atoms with Gasteiger partial charge in [0.25, 0.3) is 0 Å². The SMILES string of the molecule is COC/C=C\c1cc(C(=O)O)c(OC)c(-c2cccc(OC)c2OC)c1. The molecule has 0 saturated heterocycles. The first-order chi connectivity index (χ1) is 12.6. The molecule has 0 aliphatic heterocycles. The molecule has 0 fully saturated rings. The smallest absolute Gasteiger partial charge is 0.339 e. The highest BCUT2D eigenvalue weighted by Crippen LogP contribution is 2.43. The number of rotatable bonds is 8. The van der Waals surface area contributed by atoms with Crippen molar-refractivity contribution in [3.05, 3.63) is 47.5 Å². The fraction of sp³-hybridized carbons (Fsp3) is 0.250. The zero-order valence-electron chi connectivity index (χ0n) is 15.2. The van der Waals surface area contributed by atoms with Crippen molar-refractivity contribution in [2.75, 3.05) is 35.0 Å². The normalized spacial score (nSPS) is 10.8. The van der Waals surface area contributed by atoms with Gasteiger partial charge in [0.05, 0.1) is 27.9 Å². The summed E-state index contributed by atoms with van der Waals surface area (Å²) in [6, 6.07) is 8.81. The maximum Gasteiger partial charge on any atom is 0.339 e. The van der Waals surface area contributed by atoms with E-state index < -0.39 is 5.97 Å². The minimum Gasteiger partial charge on any atom is -0.495 e. The van der Waals surface area contributed by atoms with E-state index in [1.807, 2.05) is 18.2 Å². The zero-order chi connectivity index (χ0) is 19.1. The van der Waals surface area contributed by atoms with Crippen molar-refractivity contribution in [2.24, 2.45) is 0 Å². The van der Waals surface area contributed by atoms with Crippen LogP contribution in [-0.4, -0.2) is 46.1 Å². The molecule has 6 nitrogen and oxygen atoms in total. The van der Waals surface area contributed by atoms with Gasteiger partial charge >= 0.3 is 5.97 Å².